The van der Waals surface area contributed by atoms with Crippen molar-refractivity contribution in [3.63, 3.8) is 0 Å². The average molecular weight is 213 g/mol. The predicted molar refractivity (Wildman–Crippen MR) is 54.0 cm³/mol. The molecule has 1 atom stereocenters. The molecule has 1 aliphatic carbocycles. The Bertz CT molecular complexity index is 311. The van der Waals surface area contributed by atoms with Gasteiger partial charge in [-0.2, -0.15) is 0 Å². The average Bonchev–Trinajstić information content (AvgIpc) is 2.90. The molecule has 0 heterocycles. The highest BCUT2D eigenvalue weighted by molar-refractivity contribution is 5.92. The summed E-state index contributed by atoms with van der Waals surface area (Å²) in [5, 5.41) is 10.8. The summed E-state index contributed by atoms with van der Waals surface area (Å²) < 4.78 is 4.71. The van der Waals surface area contributed by atoms with Crippen LogP contribution in [0, 0.1) is 10.1 Å². The van der Waals surface area contributed by atoms with E-state index < -0.39 is 16.4 Å². The van der Waals surface area contributed by atoms with Gasteiger partial charge in [0.1, 0.15) is 0 Å². The molecule has 0 amide bonds. The monoisotopic (exact) mass is 213 g/mol. The summed E-state index contributed by atoms with van der Waals surface area (Å²) >= 11 is 0. The lowest BCUT2D eigenvalue weighted by Crippen LogP contribution is -2.37. The Labute approximate surface area is 88.3 Å². The smallest absolute Gasteiger partial charge is 0.393 e. The second kappa shape index (κ2) is 4.42. The van der Waals surface area contributed by atoms with Gasteiger partial charge in [0, 0.05) is 16.6 Å². The van der Waals surface area contributed by atoms with Crippen molar-refractivity contribution in [3.8, 4) is 0 Å². The van der Waals surface area contributed by atoms with Crippen molar-refractivity contribution in [3.05, 3.63) is 21.8 Å². The Morgan fingerprint density at radius 3 is 2.73 bits per heavy atom. The molecule has 0 fully saturated rings. The maximum absolute atomic E-state index is 11.4. The molecule has 5 nitrogen and oxygen atoms in total. The van der Waals surface area contributed by atoms with Crippen LogP contribution >= 0.6 is 0 Å². The number of unbranched alkanes of at least 4 members (excludes halogenated alkanes) is 1. The van der Waals surface area contributed by atoms with Gasteiger partial charge in [-0.1, -0.05) is 13.3 Å². The normalized spacial score (nSPS) is 23.2. The quantitative estimate of drug-likeness (QED) is 0.291. The number of nitrogens with zero attached hydrogens (tertiary/aromatic N) is 1. The van der Waals surface area contributed by atoms with Crippen molar-refractivity contribution < 1.29 is 14.5 Å². The lowest BCUT2D eigenvalue weighted by atomic mass is 10.1. The maximum Gasteiger partial charge on any atom is 0.393 e. The first-order valence-electron chi connectivity index (χ1n) is 5.13. The minimum Gasteiger partial charge on any atom is -0.460 e. The zero-order valence-corrected chi connectivity index (χ0v) is 8.99. The number of carbonyl (C=O) groups is 1. The fraction of sp³-hybridized carbons (Fsp3) is 0.700. The molecule has 0 saturated carbocycles. The van der Waals surface area contributed by atoms with E-state index in [-0.39, 0.29) is 6.61 Å². The summed E-state index contributed by atoms with van der Waals surface area (Å²) in [6.07, 6.45) is 3.83. The first-order chi connectivity index (χ1) is 7.09. The fourth-order valence-electron chi connectivity index (χ4n) is 1.52. The van der Waals surface area contributed by atoms with Crippen LogP contribution in [0.2, 0.25) is 0 Å². The largest absolute Gasteiger partial charge is 0.460 e. The number of nitro groups is 1. The van der Waals surface area contributed by atoms with Gasteiger partial charge < -0.3 is 4.74 Å². The van der Waals surface area contributed by atoms with Gasteiger partial charge in [-0.15, -0.1) is 0 Å². The van der Waals surface area contributed by atoms with Gasteiger partial charge in [0.25, 0.3) is 0 Å². The van der Waals surface area contributed by atoms with E-state index in [4.69, 9.17) is 4.74 Å². The standard InChI is InChI=1S/C10H15NO4/c1-3-5-6-8-7-10(8,11(13)14)9(12)15-4-2/h7H,3-6H2,1-2H3. The molecule has 0 radical (unpaired) electrons. The number of hydrogen-bond acceptors (Lipinski definition) is 4. The lowest BCUT2D eigenvalue weighted by Gasteiger charge is -2.08. The van der Waals surface area contributed by atoms with Crippen LogP contribution in [-0.4, -0.2) is 23.0 Å². The van der Waals surface area contributed by atoms with Crippen LogP contribution in [0.25, 0.3) is 0 Å². The second-order valence-corrected chi connectivity index (χ2v) is 3.52. The third-order valence-electron chi connectivity index (χ3n) is 2.46. The van der Waals surface area contributed by atoms with Crippen molar-refractivity contribution in [2.75, 3.05) is 6.61 Å². The molecule has 1 rings (SSSR count). The molecule has 0 spiro atoms. The summed E-state index contributed by atoms with van der Waals surface area (Å²) in [5.74, 6) is -0.749. The fourth-order valence-corrected chi connectivity index (χ4v) is 1.52. The van der Waals surface area contributed by atoms with E-state index in [2.05, 4.69) is 0 Å². The molecule has 0 N–H and O–H groups in total. The molecule has 0 saturated heterocycles. The van der Waals surface area contributed by atoms with Gasteiger partial charge in [-0.3, -0.25) is 10.1 Å². The second-order valence-electron chi connectivity index (χ2n) is 3.52. The molecule has 1 aliphatic rings. The molecule has 0 bridgehead atoms. The molecule has 0 aromatic rings. The minimum atomic E-state index is -1.62. The highest BCUT2D eigenvalue weighted by atomic mass is 16.6. The molecule has 15 heavy (non-hydrogen) atoms. The highest BCUT2D eigenvalue weighted by Gasteiger charge is 2.64. The molecule has 5 heteroatoms. The van der Waals surface area contributed by atoms with E-state index in [1.165, 1.54) is 6.08 Å². The third kappa shape index (κ3) is 2.00. The highest BCUT2D eigenvalue weighted by Crippen LogP contribution is 2.42. The van der Waals surface area contributed by atoms with E-state index in [1.807, 2.05) is 6.92 Å². The Morgan fingerprint density at radius 2 is 2.27 bits per heavy atom. The van der Waals surface area contributed by atoms with Gasteiger partial charge in [0.05, 0.1) is 6.61 Å². The summed E-state index contributed by atoms with van der Waals surface area (Å²) in [6.45, 7) is 3.81. The topological polar surface area (TPSA) is 69.4 Å². The summed E-state index contributed by atoms with van der Waals surface area (Å²) in [4.78, 5) is 21.7. The third-order valence-corrected chi connectivity index (χ3v) is 2.46. The van der Waals surface area contributed by atoms with E-state index in [0.717, 1.165) is 12.8 Å². The van der Waals surface area contributed by atoms with Crippen molar-refractivity contribution >= 4 is 5.97 Å². The lowest BCUT2D eigenvalue weighted by molar-refractivity contribution is -0.518. The van der Waals surface area contributed by atoms with Gasteiger partial charge in [0.2, 0.25) is 0 Å². The van der Waals surface area contributed by atoms with Crippen molar-refractivity contribution in [1.29, 1.82) is 0 Å². The van der Waals surface area contributed by atoms with E-state index in [0.29, 0.717) is 12.0 Å². The van der Waals surface area contributed by atoms with Crippen molar-refractivity contribution in [1.82, 2.24) is 0 Å². The van der Waals surface area contributed by atoms with Crippen LogP contribution in [0.1, 0.15) is 33.1 Å². The molecular formula is C10H15NO4. The van der Waals surface area contributed by atoms with Gasteiger partial charge in [-0.25, -0.2) is 4.79 Å². The Balaban J connectivity index is 2.63. The SMILES string of the molecule is CCCCC1=CC1(C(=O)OCC)[N+](=O)[O-]. The first kappa shape index (κ1) is 11.7. The summed E-state index contributed by atoms with van der Waals surface area (Å²) in [6, 6.07) is 0. The molecule has 0 aliphatic heterocycles. The number of esters is 1. The summed E-state index contributed by atoms with van der Waals surface area (Å²) in [7, 11) is 0. The van der Waals surface area contributed by atoms with Crippen LogP contribution in [0.15, 0.2) is 11.6 Å². The van der Waals surface area contributed by atoms with Crippen molar-refractivity contribution in [2.45, 2.75) is 38.6 Å². The Hall–Kier alpha value is -1.39. The molecule has 0 aromatic carbocycles. The van der Waals surface area contributed by atoms with Crippen LogP contribution in [0.4, 0.5) is 0 Å². The molecule has 84 valence electrons. The number of hydrogen-bond donors (Lipinski definition) is 0. The zero-order valence-electron chi connectivity index (χ0n) is 8.99. The Morgan fingerprint density at radius 1 is 1.60 bits per heavy atom. The summed E-state index contributed by atoms with van der Waals surface area (Å²) in [5.41, 5.74) is -1.03. The molecule has 0 aromatic heterocycles. The van der Waals surface area contributed by atoms with E-state index >= 15 is 0 Å². The Kier molecular flexibility index (Phi) is 3.44. The van der Waals surface area contributed by atoms with Crippen LogP contribution in [0.3, 0.4) is 0 Å². The van der Waals surface area contributed by atoms with Gasteiger partial charge in [0.15, 0.2) is 0 Å². The molecular weight excluding hydrogens is 198 g/mol. The van der Waals surface area contributed by atoms with Crippen LogP contribution in [-0.2, 0) is 9.53 Å². The van der Waals surface area contributed by atoms with Crippen LogP contribution < -0.4 is 0 Å². The molecule has 1 unspecified atom stereocenters. The van der Waals surface area contributed by atoms with Gasteiger partial charge >= 0.3 is 11.5 Å². The van der Waals surface area contributed by atoms with Crippen molar-refractivity contribution in [2.24, 2.45) is 0 Å². The number of ether oxygens (including phenoxy) is 1. The van der Waals surface area contributed by atoms with Gasteiger partial charge in [-0.05, 0) is 19.8 Å². The van der Waals surface area contributed by atoms with E-state index in [1.54, 1.807) is 6.92 Å². The minimum absolute atomic E-state index is 0.170. The first-order valence-corrected chi connectivity index (χ1v) is 5.13. The zero-order chi connectivity index (χ0) is 11.5. The maximum atomic E-state index is 11.4. The number of carbonyl (C=O) groups excluding carboxylic acids is 1. The number of rotatable bonds is 6. The van der Waals surface area contributed by atoms with E-state index in [9.17, 15) is 14.9 Å². The predicted octanol–water partition coefficient (Wildman–Crippen LogP) is 1.70. The van der Waals surface area contributed by atoms with Crippen LogP contribution in [0.5, 0.6) is 0 Å².